The summed E-state index contributed by atoms with van der Waals surface area (Å²) in [5.74, 6) is -0.459. The Morgan fingerprint density at radius 3 is 2.79 bits per heavy atom. The van der Waals surface area contributed by atoms with E-state index in [1.807, 2.05) is 0 Å². The van der Waals surface area contributed by atoms with Gasteiger partial charge in [0.1, 0.15) is 27.3 Å². The number of nitrogens with zero attached hydrogens (tertiary/aromatic N) is 5. The Hall–Kier alpha value is -2.41. The number of anilines is 1. The van der Waals surface area contributed by atoms with Crippen molar-refractivity contribution in [2.24, 2.45) is 7.05 Å². The topological polar surface area (TPSA) is 124 Å². The molecule has 184 valence electrons. The number of esters is 1. The second-order valence-electron chi connectivity index (χ2n) is 8.10. The van der Waals surface area contributed by atoms with Gasteiger partial charge in [0.25, 0.3) is 0 Å². The first-order valence-corrected chi connectivity index (χ1v) is 12.2. The van der Waals surface area contributed by atoms with E-state index in [0.717, 1.165) is 12.8 Å². The molecule has 0 radical (unpaired) electrons. The standard InChI is InChI=1S/C20H25Cl2N7O4S/c1-11-16(21)20(22,18(24-11)23-10-30)9-33-12-4-6-29(7-5-12)19-25-14(13-8-28(2)27-26-13)15(34-19)17(31)32-3/h8,10,12,18,24H,4-7,9H2,1-3H3,(H,23,30)/t18?,20-/m0/s1. The number of piperidine rings is 1. The van der Waals surface area contributed by atoms with Crippen molar-refractivity contribution in [2.75, 3.05) is 31.7 Å². The number of hydrogen-bond acceptors (Lipinski definition) is 10. The van der Waals surface area contributed by atoms with Crippen LogP contribution in [-0.4, -0.2) is 76.3 Å². The van der Waals surface area contributed by atoms with Gasteiger partial charge in [-0.15, -0.1) is 16.7 Å². The van der Waals surface area contributed by atoms with E-state index in [2.05, 4.69) is 30.8 Å². The first-order chi connectivity index (χ1) is 16.3. The van der Waals surface area contributed by atoms with Gasteiger partial charge in [0, 0.05) is 25.8 Å². The van der Waals surface area contributed by atoms with Gasteiger partial charge in [-0.1, -0.05) is 28.2 Å². The van der Waals surface area contributed by atoms with E-state index in [1.54, 1.807) is 24.9 Å². The Morgan fingerprint density at radius 2 is 2.18 bits per heavy atom. The van der Waals surface area contributed by atoms with Gasteiger partial charge in [0.15, 0.2) is 5.13 Å². The fraction of sp³-hybridized carbons (Fsp3) is 0.550. The zero-order chi connectivity index (χ0) is 24.5. The first kappa shape index (κ1) is 24.7. The van der Waals surface area contributed by atoms with Crippen LogP contribution in [0.3, 0.4) is 0 Å². The minimum absolute atomic E-state index is 0.0337. The van der Waals surface area contributed by atoms with Crippen LogP contribution >= 0.6 is 34.5 Å². The zero-order valence-electron chi connectivity index (χ0n) is 18.9. The SMILES string of the molecule is COC(=O)c1sc(N2CCC(OC[C@]3(Cl)C(Cl)=C(C)NC3NC=O)CC2)nc1-c1cn(C)nn1. The number of ether oxygens (including phenoxy) is 2. The molecule has 2 atom stereocenters. The minimum atomic E-state index is -1.07. The van der Waals surface area contributed by atoms with Crippen LogP contribution in [0, 0.1) is 0 Å². The Labute approximate surface area is 210 Å². The van der Waals surface area contributed by atoms with Crippen molar-refractivity contribution in [3.05, 3.63) is 21.8 Å². The van der Waals surface area contributed by atoms with Crippen molar-refractivity contribution in [3.8, 4) is 11.4 Å². The largest absolute Gasteiger partial charge is 0.465 e. The van der Waals surface area contributed by atoms with Crippen LogP contribution in [0.5, 0.6) is 0 Å². The molecule has 4 heterocycles. The molecule has 1 saturated heterocycles. The fourth-order valence-corrected chi connectivity index (χ4v) is 5.56. The summed E-state index contributed by atoms with van der Waals surface area (Å²) in [6.07, 6.45) is 3.18. The third-order valence-electron chi connectivity index (χ3n) is 5.82. The predicted octanol–water partition coefficient (Wildman–Crippen LogP) is 1.83. The second-order valence-corrected chi connectivity index (χ2v) is 10.1. The first-order valence-electron chi connectivity index (χ1n) is 10.6. The molecular weight excluding hydrogens is 505 g/mol. The van der Waals surface area contributed by atoms with Gasteiger partial charge in [0.05, 0.1) is 31.0 Å². The Kier molecular flexibility index (Phi) is 7.31. The number of aromatic nitrogens is 4. The summed E-state index contributed by atoms with van der Waals surface area (Å²) < 4.78 is 12.6. The smallest absolute Gasteiger partial charge is 0.350 e. The molecule has 0 aliphatic carbocycles. The molecule has 14 heteroatoms. The van der Waals surface area contributed by atoms with Gasteiger partial charge < -0.3 is 25.0 Å². The normalized spacial score (nSPS) is 23.2. The van der Waals surface area contributed by atoms with Crippen molar-refractivity contribution < 1.29 is 19.1 Å². The van der Waals surface area contributed by atoms with E-state index in [9.17, 15) is 9.59 Å². The van der Waals surface area contributed by atoms with E-state index in [1.165, 1.54) is 18.4 Å². The lowest BCUT2D eigenvalue weighted by atomic mass is 10.1. The number of thiazole rings is 1. The molecular formula is C20H25Cl2N7O4S. The summed E-state index contributed by atoms with van der Waals surface area (Å²) >= 11 is 14.4. The summed E-state index contributed by atoms with van der Waals surface area (Å²) in [4.78, 5) is 29.4. The number of hydrogen-bond donors (Lipinski definition) is 2. The molecule has 11 nitrogen and oxygen atoms in total. The van der Waals surface area contributed by atoms with E-state index in [4.69, 9.17) is 32.7 Å². The lowest BCUT2D eigenvalue weighted by Gasteiger charge is -2.35. The van der Waals surface area contributed by atoms with Gasteiger partial charge in [-0.25, -0.2) is 9.78 Å². The Bertz CT molecular complexity index is 1100. The van der Waals surface area contributed by atoms with Gasteiger partial charge in [-0.2, -0.15) is 0 Å². The number of alkyl halides is 1. The molecule has 2 N–H and O–H groups in total. The number of aryl methyl sites for hydroxylation is 1. The molecule has 2 aliphatic heterocycles. The van der Waals surface area contributed by atoms with Crippen molar-refractivity contribution >= 4 is 52.0 Å². The predicted molar refractivity (Wildman–Crippen MR) is 128 cm³/mol. The van der Waals surface area contributed by atoms with Gasteiger partial charge in [-0.05, 0) is 19.8 Å². The number of nitrogens with one attached hydrogen (secondary N) is 2. The molecule has 34 heavy (non-hydrogen) atoms. The number of amides is 1. The molecule has 0 saturated carbocycles. The zero-order valence-corrected chi connectivity index (χ0v) is 21.2. The molecule has 2 aromatic heterocycles. The number of allylic oxidation sites excluding steroid dienone is 1. The molecule has 1 unspecified atom stereocenters. The molecule has 4 rings (SSSR count). The molecule has 0 spiro atoms. The van der Waals surface area contributed by atoms with Crippen molar-refractivity contribution in [1.29, 1.82) is 0 Å². The highest BCUT2D eigenvalue weighted by Crippen LogP contribution is 2.39. The van der Waals surface area contributed by atoms with Crippen molar-refractivity contribution in [3.63, 3.8) is 0 Å². The molecule has 2 aromatic rings. The highest BCUT2D eigenvalue weighted by Gasteiger charge is 2.47. The molecule has 2 aliphatic rings. The van der Waals surface area contributed by atoms with Crippen LogP contribution in [0.4, 0.5) is 5.13 Å². The highest BCUT2D eigenvalue weighted by atomic mass is 35.5. The number of carbonyl (C=O) groups excluding carboxylic acids is 2. The maximum Gasteiger partial charge on any atom is 0.350 e. The van der Waals surface area contributed by atoms with E-state index < -0.39 is 17.0 Å². The van der Waals surface area contributed by atoms with E-state index in [0.29, 0.717) is 51.6 Å². The number of halogens is 2. The van der Waals surface area contributed by atoms with Crippen LogP contribution < -0.4 is 15.5 Å². The van der Waals surface area contributed by atoms with Crippen LogP contribution in [0.25, 0.3) is 11.4 Å². The molecule has 0 bridgehead atoms. The quantitative estimate of drug-likeness (QED) is 0.299. The Morgan fingerprint density at radius 1 is 1.44 bits per heavy atom. The maximum atomic E-state index is 12.3. The number of carbonyl (C=O) groups is 2. The fourth-order valence-electron chi connectivity index (χ4n) is 3.98. The third-order valence-corrected chi connectivity index (χ3v) is 8.15. The molecule has 0 aromatic carbocycles. The maximum absolute atomic E-state index is 12.3. The second kappa shape index (κ2) is 10.1. The number of methoxy groups -OCH3 is 1. The van der Waals surface area contributed by atoms with Crippen LogP contribution in [0.2, 0.25) is 0 Å². The van der Waals surface area contributed by atoms with Gasteiger partial charge in [-0.3, -0.25) is 9.48 Å². The molecule has 1 fully saturated rings. The third kappa shape index (κ3) is 4.72. The average Bonchev–Trinajstić information content (AvgIpc) is 3.52. The van der Waals surface area contributed by atoms with Crippen molar-refractivity contribution in [2.45, 2.75) is 36.9 Å². The van der Waals surface area contributed by atoms with E-state index in [-0.39, 0.29) is 12.7 Å². The monoisotopic (exact) mass is 529 g/mol. The average molecular weight is 530 g/mol. The van der Waals surface area contributed by atoms with Crippen LogP contribution in [0.1, 0.15) is 29.4 Å². The van der Waals surface area contributed by atoms with Gasteiger partial charge in [0.2, 0.25) is 6.41 Å². The number of rotatable bonds is 8. The van der Waals surface area contributed by atoms with Crippen molar-refractivity contribution in [1.82, 2.24) is 30.6 Å². The van der Waals surface area contributed by atoms with Crippen LogP contribution in [-0.2, 0) is 21.3 Å². The van der Waals surface area contributed by atoms with Gasteiger partial charge >= 0.3 is 5.97 Å². The summed E-state index contributed by atoms with van der Waals surface area (Å²) in [5.41, 5.74) is 1.68. The summed E-state index contributed by atoms with van der Waals surface area (Å²) in [5, 5.41) is 14.9. The molecule has 1 amide bonds. The summed E-state index contributed by atoms with van der Waals surface area (Å²) in [6.45, 7) is 3.32. The van der Waals surface area contributed by atoms with E-state index >= 15 is 0 Å². The summed E-state index contributed by atoms with van der Waals surface area (Å²) in [6, 6.07) is 0. The summed E-state index contributed by atoms with van der Waals surface area (Å²) in [7, 11) is 3.09. The Balaban J connectivity index is 1.41. The highest BCUT2D eigenvalue weighted by molar-refractivity contribution is 7.17. The van der Waals surface area contributed by atoms with Crippen LogP contribution in [0.15, 0.2) is 16.9 Å². The lowest BCUT2D eigenvalue weighted by Crippen LogP contribution is -2.53. The minimum Gasteiger partial charge on any atom is -0.465 e. The lowest BCUT2D eigenvalue weighted by molar-refractivity contribution is -0.110.